The molecule has 1 N–H and O–H groups in total. The van der Waals surface area contributed by atoms with Gasteiger partial charge in [-0.1, -0.05) is 0 Å². The molecule has 0 bridgehead atoms. The number of esters is 2. The minimum absolute atomic E-state index is 0.0439. The van der Waals surface area contributed by atoms with Crippen LogP contribution in [0, 0.1) is 11.8 Å². The molecule has 0 radical (unpaired) electrons. The van der Waals surface area contributed by atoms with E-state index in [4.69, 9.17) is 28.4 Å². The number of nitrogens with zero attached hydrogens (tertiary/aromatic N) is 4. The van der Waals surface area contributed by atoms with Crippen LogP contribution in [-0.4, -0.2) is 71.5 Å². The van der Waals surface area contributed by atoms with E-state index in [2.05, 4.69) is 15.5 Å². The number of phenols is 1. The van der Waals surface area contributed by atoms with Crippen molar-refractivity contribution in [3.05, 3.63) is 46.8 Å². The Labute approximate surface area is 216 Å². The molecule has 0 saturated carbocycles. The van der Waals surface area contributed by atoms with Gasteiger partial charge in [0.25, 0.3) is 5.82 Å². The molecule has 1 aliphatic carbocycles. The second-order valence-electron chi connectivity index (χ2n) is 9.02. The highest BCUT2D eigenvalue weighted by atomic mass is 16.7. The summed E-state index contributed by atoms with van der Waals surface area (Å²) < 4.78 is 34.2. The van der Waals surface area contributed by atoms with E-state index in [-0.39, 0.29) is 43.1 Å². The lowest BCUT2D eigenvalue weighted by Gasteiger charge is -2.39. The number of carbonyl (C=O) groups is 2. The predicted octanol–water partition coefficient (Wildman–Crippen LogP) is 1.83. The summed E-state index contributed by atoms with van der Waals surface area (Å²) in [6, 6.07) is 6.32. The third-order valence-corrected chi connectivity index (χ3v) is 7.22. The van der Waals surface area contributed by atoms with Crippen LogP contribution in [0.15, 0.2) is 24.3 Å². The Balaban J connectivity index is 1.60. The molecule has 3 aliphatic rings. The van der Waals surface area contributed by atoms with E-state index >= 15 is 0 Å². The third kappa shape index (κ3) is 3.49. The third-order valence-electron chi connectivity index (χ3n) is 7.22. The fourth-order valence-corrected chi connectivity index (χ4v) is 5.65. The maximum atomic E-state index is 13.3. The molecule has 1 aromatic heterocycles. The summed E-state index contributed by atoms with van der Waals surface area (Å²) >= 11 is 0. The summed E-state index contributed by atoms with van der Waals surface area (Å²) in [5.74, 6) is -1.62. The molecule has 2 aromatic carbocycles. The number of tetrazole rings is 1. The van der Waals surface area contributed by atoms with E-state index in [0.29, 0.717) is 17.1 Å². The molecular formula is C25H24N4O9. The number of ether oxygens (including phenoxy) is 6. The molecule has 0 unspecified atom stereocenters. The van der Waals surface area contributed by atoms with Gasteiger partial charge in [-0.25, -0.2) is 9.48 Å². The summed E-state index contributed by atoms with van der Waals surface area (Å²) in [7, 11) is 2.87. The number of rotatable bonds is 6. The number of hydrogen-bond donors (Lipinski definition) is 1. The fourth-order valence-electron chi connectivity index (χ4n) is 5.65. The van der Waals surface area contributed by atoms with Gasteiger partial charge < -0.3 is 33.5 Å². The first-order chi connectivity index (χ1) is 18.5. The van der Waals surface area contributed by atoms with Crippen LogP contribution in [0.25, 0.3) is 0 Å². The van der Waals surface area contributed by atoms with Crippen LogP contribution >= 0.6 is 0 Å². The Morgan fingerprint density at radius 1 is 1.08 bits per heavy atom. The summed E-state index contributed by atoms with van der Waals surface area (Å²) in [4.78, 5) is 26.0. The van der Waals surface area contributed by atoms with E-state index in [1.807, 2.05) is 12.1 Å². The topological polar surface area (TPSA) is 153 Å². The van der Waals surface area contributed by atoms with Crippen molar-refractivity contribution in [2.45, 2.75) is 18.9 Å². The van der Waals surface area contributed by atoms with Crippen molar-refractivity contribution in [2.24, 2.45) is 11.8 Å². The van der Waals surface area contributed by atoms with Crippen molar-refractivity contribution in [1.82, 2.24) is 20.2 Å². The smallest absolute Gasteiger partial charge is 0.378 e. The van der Waals surface area contributed by atoms with Crippen molar-refractivity contribution < 1.29 is 43.1 Å². The Bertz CT molecular complexity index is 1410. The minimum atomic E-state index is -0.689. The first-order valence-corrected chi connectivity index (χ1v) is 12.0. The van der Waals surface area contributed by atoms with Gasteiger partial charge in [0.05, 0.1) is 39.4 Å². The number of carbonyl (C=O) groups excluding carboxylic acids is 2. The van der Waals surface area contributed by atoms with Gasteiger partial charge in [-0.2, -0.15) is 0 Å². The molecule has 1 saturated heterocycles. The molecule has 1 fully saturated rings. The first-order valence-electron chi connectivity index (χ1n) is 12.0. The van der Waals surface area contributed by atoms with Crippen LogP contribution in [-0.2, 0) is 14.3 Å². The van der Waals surface area contributed by atoms with Crippen LogP contribution in [0.1, 0.15) is 46.2 Å². The molecule has 13 nitrogen and oxygen atoms in total. The van der Waals surface area contributed by atoms with Crippen LogP contribution in [0.4, 0.5) is 0 Å². The van der Waals surface area contributed by atoms with E-state index < -0.39 is 35.7 Å². The molecule has 3 aromatic rings. The average molecular weight is 524 g/mol. The Morgan fingerprint density at radius 2 is 1.76 bits per heavy atom. The predicted molar refractivity (Wildman–Crippen MR) is 125 cm³/mol. The molecule has 198 valence electrons. The summed E-state index contributed by atoms with van der Waals surface area (Å²) in [5.41, 5.74) is 2.10. The van der Waals surface area contributed by atoms with Gasteiger partial charge in [-0.3, -0.25) is 4.79 Å². The van der Waals surface area contributed by atoms with Crippen molar-refractivity contribution in [3.8, 4) is 28.7 Å². The van der Waals surface area contributed by atoms with Crippen LogP contribution in [0.3, 0.4) is 0 Å². The van der Waals surface area contributed by atoms with Gasteiger partial charge in [0.2, 0.25) is 12.5 Å². The molecule has 0 amide bonds. The number of cyclic esters (lactones) is 1. The number of phenolic OH excluding ortho intramolecular Hbond substituents is 1. The lowest BCUT2D eigenvalue weighted by Crippen LogP contribution is -2.39. The van der Waals surface area contributed by atoms with Gasteiger partial charge in [-0.15, -0.1) is 5.10 Å². The zero-order valence-corrected chi connectivity index (χ0v) is 20.7. The van der Waals surface area contributed by atoms with Gasteiger partial charge in [0.1, 0.15) is 0 Å². The van der Waals surface area contributed by atoms with Crippen LogP contribution in [0.5, 0.6) is 28.7 Å². The number of benzene rings is 2. The molecule has 6 rings (SSSR count). The van der Waals surface area contributed by atoms with E-state index in [9.17, 15) is 14.7 Å². The maximum absolute atomic E-state index is 13.3. The average Bonchev–Trinajstić information content (AvgIpc) is 3.67. The summed E-state index contributed by atoms with van der Waals surface area (Å²) in [5, 5.41) is 22.3. The van der Waals surface area contributed by atoms with Gasteiger partial charge in [0, 0.05) is 11.8 Å². The molecule has 0 spiro atoms. The highest BCUT2D eigenvalue weighted by Crippen LogP contribution is 2.56. The van der Waals surface area contributed by atoms with Crippen molar-refractivity contribution in [3.63, 3.8) is 0 Å². The number of hydrogen-bond acceptors (Lipinski definition) is 12. The van der Waals surface area contributed by atoms with Crippen molar-refractivity contribution in [2.75, 3.05) is 34.2 Å². The Kier molecular flexibility index (Phi) is 5.69. The lowest BCUT2D eigenvalue weighted by atomic mass is 9.65. The molecule has 4 atom stereocenters. The van der Waals surface area contributed by atoms with E-state index in [1.165, 1.54) is 18.9 Å². The van der Waals surface area contributed by atoms with E-state index in [0.717, 1.165) is 11.1 Å². The van der Waals surface area contributed by atoms with Crippen LogP contribution < -0.4 is 18.9 Å². The molecule has 38 heavy (non-hydrogen) atoms. The van der Waals surface area contributed by atoms with Crippen molar-refractivity contribution >= 4 is 11.9 Å². The van der Waals surface area contributed by atoms with Crippen LogP contribution in [0.2, 0.25) is 0 Å². The standard InChI is InChI=1S/C25H24N4O9/c1-4-35-25(32)23-26-27-28-29(23)21-13-8-16-15(37-10-38-16)7-12(13)19(20-14(21)9-36-24(20)31)11-5-17(33-2)22(30)18(6-11)34-3/h5-8,14,19-21,30H,4,9-10H2,1-3H3/t14-,19+,20-,21+/m0/s1. The summed E-state index contributed by atoms with van der Waals surface area (Å²) in [6.07, 6.45) is 0. The SMILES string of the molecule is CCOC(=O)c1nnnn1[C@@H]1c2cc3c(cc2[C@@H](c2cc(OC)c(O)c(OC)c2)[C@H]2C(=O)OC[C@@H]21)OCO3. The quantitative estimate of drug-likeness (QED) is 0.468. The van der Waals surface area contributed by atoms with Crippen molar-refractivity contribution in [1.29, 1.82) is 0 Å². The largest absolute Gasteiger partial charge is 0.502 e. The van der Waals surface area contributed by atoms with Gasteiger partial charge in [-0.05, 0) is 58.3 Å². The Morgan fingerprint density at radius 3 is 2.42 bits per heavy atom. The monoisotopic (exact) mass is 524 g/mol. The molecule has 2 aliphatic heterocycles. The van der Waals surface area contributed by atoms with E-state index in [1.54, 1.807) is 19.1 Å². The highest BCUT2D eigenvalue weighted by molar-refractivity contribution is 5.85. The zero-order chi connectivity index (χ0) is 26.6. The highest BCUT2D eigenvalue weighted by Gasteiger charge is 2.54. The number of aromatic nitrogens is 4. The molecular weight excluding hydrogens is 500 g/mol. The lowest BCUT2D eigenvalue weighted by molar-refractivity contribution is -0.141. The fraction of sp³-hybridized carbons (Fsp3) is 0.400. The van der Waals surface area contributed by atoms with Gasteiger partial charge in [0.15, 0.2) is 23.0 Å². The Hall–Kier alpha value is -4.55. The zero-order valence-electron chi connectivity index (χ0n) is 20.7. The number of fused-ring (bicyclic) bond motifs is 3. The molecule has 3 heterocycles. The normalized spacial score (nSPS) is 22.9. The number of aromatic hydroxyl groups is 1. The number of methoxy groups -OCH3 is 2. The second kappa shape index (κ2) is 9.08. The van der Waals surface area contributed by atoms with Gasteiger partial charge >= 0.3 is 11.9 Å². The molecule has 13 heteroatoms. The maximum Gasteiger partial charge on any atom is 0.378 e. The first kappa shape index (κ1) is 23.8. The second-order valence-corrected chi connectivity index (χ2v) is 9.02. The minimum Gasteiger partial charge on any atom is -0.502 e. The summed E-state index contributed by atoms with van der Waals surface area (Å²) in [6.45, 7) is 1.95.